The molecule has 9 nitrogen and oxygen atoms in total. The summed E-state index contributed by atoms with van der Waals surface area (Å²) in [6.45, 7) is 0. The zero-order chi connectivity index (χ0) is 21.4. The van der Waals surface area contributed by atoms with Gasteiger partial charge in [-0.05, 0) is 36.4 Å². The zero-order valence-corrected chi connectivity index (χ0v) is 16.3. The molecule has 0 saturated heterocycles. The monoisotopic (exact) mass is 441 g/mol. The van der Waals surface area contributed by atoms with E-state index in [1.165, 1.54) is 18.2 Å². The molecule has 2 aromatic heterocycles. The van der Waals surface area contributed by atoms with Gasteiger partial charge in [0, 0.05) is 17.0 Å². The van der Waals surface area contributed by atoms with Gasteiger partial charge in [0.05, 0.1) is 15.7 Å². The van der Waals surface area contributed by atoms with Gasteiger partial charge in [0.1, 0.15) is 11.8 Å². The number of aromatic amines is 2. The van der Waals surface area contributed by atoms with Gasteiger partial charge in [0.2, 0.25) is 11.3 Å². The van der Waals surface area contributed by atoms with Gasteiger partial charge in [-0.15, -0.1) is 5.10 Å². The number of nitrogens with one attached hydrogen (secondary N) is 2. The summed E-state index contributed by atoms with van der Waals surface area (Å²) in [4.78, 5) is 39.6. The van der Waals surface area contributed by atoms with Crippen LogP contribution in [0.15, 0.2) is 56.8 Å². The Morgan fingerprint density at radius 2 is 1.73 bits per heavy atom. The third-order valence-electron chi connectivity index (χ3n) is 4.08. The molecule has 4 rings (SSSR count). The number of pyridine rings is 1. The molecule has 0 bridgehead atoms. The molecule has 2 N–H and O–H groups in total. The molecule has 0 aliphatic heterocycles. The lowest BCUT2D eigenvalue weighted by Gasteiger charge is -2.12. The van der Waals surface area contributed by atoms with Gasteiger partial charge in [0.25, 0.3) is 5.56 Å². The third kappa shape index (κ3) is 3.57. The fourth-order valence-electron chi connectivity index (χ4n) is 2.73. The van der Waals surface area contributed by atoms with Gasteiger partial charge in [0.15, 0.2) is 5.75 Å². The molecule has 0 atom stereocenters. The standard InChI is InChI=1S/C19H9Cl2N5O4/c20-12-6-10(26-19(29)24-18(28)15(8-22)25-26)7-13(21)17(12)30-11-2-3-14-9(5-11)1-4-16(27)23-14/h1-7H,(H,23,27)(H,24,28,29). The van der Waals surface area contributed by atoms with E-state index >= 15 is 0 Å². The molecule has 148 valence electrons. The molecule has 0 radical (unpaired) electrons. The number of benzene rings is 2. The minimum absolute atomic E-state index is 0.0671. The topological polar surface area (TPSA) is 134 Å². The van der Waals surface area contributed by atoms with Crippen LogP contribution in [0.3, 0.4) is 0 Å². The van der Waals surface area contributed by atoms with E-state index < -0.39 is 16.9 Å². The average molecular weight is 442 g/mol. The van der Waals surface area contributed by atoms with Crippen molar-refractivity contribution in [1.82, 2.24) is 19.7 Å². The first-order valence-electron chi connectivity index (χ1n) is 8.30. The van der Waals surface area contributed by atoms with E-state index in [1.54, 1.807) is 30.3 Å². The fraction of sp³-hybridized carbons (Fsp3) is 0. The van der Waals surface area contributed by atoms with E-state index in [9.17, 15) is 14.4 Å². The molecule has 2 aromatic carbocycles. The highest BCUT2D eigenvalue weighted by atomic mass is 35.5. The first-order valence-corrected chi connectivity index (χ1v) is 9.05. The van der Waals surface area contributed by atoms with Gasteiger partial charge in [-0.25, -0.2) is 4.79 Å². The normalized spacial score (nSPS) is 10.7. The van der Waals surface area contributed by atoms with Crippen molar-refractivity contribution in [2.24, 2.45) is 0 Å². The van der Waals surface area contributed by atoms with E-state index in [0.717, 1.165) is 10.1 Å². The highest BCUT2D eigenvalue weighted by molar-refractivity contribution is 6.37. The minimum Gasteiger partial charge on any atom is -0.454 e. The van der Waals surface area contributed by atoms with Crippen LogP contribution in [0.4, 0.5) is 0 Å². The summed E-state index contributed by atoms with van der Waals surface area (Å²) in [5, 5.41) is 13.5. The Hall–Kier alpha value is -3.87. The summed E-state index contributed by atoms with van der Waals surface area (Å²) >= 11 is 12.6. The Kier molecular flexibility index (Phi) is 4.87. The van der Waals surface area contributed by atoms with Crippen LogP contribution in [0, 0.1) is 11.3 Å². The summed E-state index contributed by atoms with van der Waals surface area (Å²) < 4.78 is 6.59. The summed E-state index contributed by atoms with van der Waals surface area (Å²) in [5.41, 5.74) is -1.69. The highest BCUT2D eigenvalue weighted by Gasteiger charge is 2.15. The second-order valence-corrected chi connectivity index (χ2v) is 6.86. The number of hydrogen-bond donors (Lipinski definition) is 2. The first kappa shape index (κ1) is 19.4. The summed E-state index contributed by atoms with van der Waals surface area (Å²) in [6, 6.07) is 12.4. The number of nitriles is 1. The number of aromatic nitrogens is 4. The summed E-state index contributed by atoms with van der Waals surface area (Å²) in [6.07, 6.45) is 0. The van der Waals surface area contributed by atoms with Crippen LogP contribution < -0.4 is 21.5 Å². The van der Waals surface area contributed by atoms with Crippen molar-refractivity contribution in [1.29, 1.82) is 5.26 Å². The van der Waals surface area contributed by atoms with Crippen LogP contribution in [-0.4, -0.2) is 19.7 Å². The Balaban J connectivity index is 1.75. The largest absolute Gasteiger partial charge is 0.454 e. The number of halogens is 2. The van der Waals surface area contributed by atoms with Crippen molar-refractivity contribution in [2.45, 2.75) is 0 Å². The van der Waals surface area contributed by atoms with E-state index in [0.29, 0.717) is 11.3 Å². The van der Waals surface area contributed by atoms with Crippen molar-refractivity contribution in [3.63, 3.8) is 0 Å². The molecule has 0 aliphatic rings. The van der Waals surface area contributed by atoms with E-state index in [2.05, 4.69) is 10.1 Å². The number of rotatable bonds is 3. The predicted molar refractivity (Wildman–Crippen MR) is 110 cm³/mol. The summed E-state index contributed by atoms with van der Waals surface area (Å²) in [5.74, 6) is 0.543. The lowest BCUT2D eigenvalue weighted by molar-refractivity contribution is 0.483. The predicted octanol–water partition coefficient (Wildman–Crippen LogP) is 2.73. The van der Waals surface area contributed by atoms with E-state index in [1.807, 2.05) is 4.98 Å². The third-order valence-corrected chi connectivity index (χ3v) is 4.64. The lowest BCUT2D eigenvalue weighted by Crippen LogP contribution is -2.33. The molecular formula is C19H9Cl2N5O4. The van der Waals surface area contributed by atoms with E-state index in [-0.39, 0.29) is 27.0 Å². The molecule has 4 aromatic rings. The fourth-order valence-corrected chi connectivity index (χ4v) is 3.28. The quantitative estimate of drug-likeness (QED) is 0.501. The molecule has 0 amide bonds. The number of fused-ring (bicyclic) bond motifs is 1. The van der Waals surface area contributed by atoms with Crippen LogP contribution in [0.1, 0.15) is 5.69 Å². The highest BCUT2D eigenvalue weighted by Crippen LogP contribution is 2.38. The first-order chi connectivity index (χ1) is 14.4. The smallest absolute Gasteiger partial charge is 0.349 e. The van der Waals surface area contributed by atoms with E-state index in [4.69, 9.17) is 33.2 Å². The molecular weight excluding hydrogens is 433 g/mol. The Bertz CT molecular complexity index is 1510. The molecule has 0 fully saturated rings. The molecule has 11 heteroatoms. The van der Waals surface area contributed by atoms with Crippen molar-refractivity contribution >= 4 is 34.1 Å². The average Bonchev–Trinajstić information content (AvgIpc) is 2.70. The molecule has 30 heavy (non-hydrogen) atoms. The maximum Gasteiger partial charge on any atom is 0.349 e. The maximum atomic E-state index is 12.0. The number of nitrogens with zero attached hydrogens (tertiary/aromatic N) is 3. The number of hydrogen-bond acceptors (Lipinski definition) is 6. The Morgan fingerprint density at radius 3 is 2.43 bits per heavy atom. The van der Waals surface area contributed by atoms with Gasteiger partial charge in [-0.3, -0.25) is 14.6 Å². The van der Waals surface area contributed by atoms with Crippen LogP contribution in [0.25, 0.3) is 16.6 Å². The van der Waals surface area contributed by atoms with Crippen molar-refractivity contribution in [2.75, 3.05) is 0 Å². The Labute approximate surface area is 176 Å². The maximum absolute atomic E-state index is 12.0. The molecule has 0 saturated carbocycles. The molecule has 2 heterocycles. The summed E-state index contributed by atoms with van der Waals surface area (Å²) in [7, 11) is 0. The second-order valence-electron chi connectivity index (χ2n) is 6.04. The number of ether oxygens (including phenoxy) is 1. The molecule has 0 unspecified atom stereocenters. The van der Waals surface area contributed by atoms with Gasteiger partial charge in [-0.1, -0.05) is 23.2 Å². The van der Waals surface area contributed by atoms with Crippen LogP contribution in [0.5, 0.6) is 11.5 Å². The van der Waals surface area contributed by atoms with Crippen molar-refractivity contribution < 1.29 is 4.74 Å². The van der Waals surface area contributed by atoms with Crippen molar-refractivity contribution in [3.8, 4) is 23.3 Å². The Morgan fingerprint density at radius 1 is 1.00 bits per heavy atom. The van der Waals surface area contributed by atoms with Crippen LogP contribution in [-0.2, 0) is 0 Å². The second kappa shape index (κ2) is 7.51. The molecule has 0 aliphatic carbocycles. The van der Waals surface area contributed by atoms with Crippen LogP contribution >= 0.6 is 23.2 Å². The molecule has 0 spiro atoms. The van der Waals surface area contributed by atoms with Gasteiger partial charge in [-0.2, -0.15) is 9.94 Å². The zero-order valence-electron chi connectivity index (χ0n) is 14.8. The lowest BCUT2D eigenvalue weighted by atomic mass is 10.2. The van der Waals surface area contributed by atoms with Crippen molar-refractivity contribution in [3.05, 3.63) is 89.4 Å². The van der Waals surface area contributed by atoms with Crippen LogP contribution in [0.2, 0.25) is 10.0 Å². The van der Waals surface area contributed by atoms with Gasteiger partial charge >= 0.3 is 5.69 Å². The van der Waals surface area contributed by atoms with Gasteiger partial charge < -0.3 is 9.72 Å². The minimum atomic E-state index is -0.895. The SMILES string of the molecule is N#Cc1nn(-c2cc(Cl)c(Oc3ccc4[nH]c(=O)ccc4c3)c(Cl)c2)c(=O)[nH]c1=O. The number of H-pyrrole nitrogens is 2.